The number of halogens is 1. The lowest BCUT2D eigenvalue weighted by Gasteiger charge is -2.18. The first-order chi connectivity index (χ1) is 13.6. The molecule has 2 N–H and O–H groups in total. The molecule has 1 saturated heterocycles. The van der Waals surface area contributed by atoms with Crippen molar-refractivity contribution in [3.63, 3.8) is 0 Å². The molecule has 0 aromatic heterocycles. The van der Waals surface area contributed by atoms with Gasteiger partial charge in [-0.05, 0) is 57.1 Å². The van der Waals surface area contributed by atoms with Crippen molar-refractivity contribution in [2.75, 3.05) is 37.8 Å². The topological polar surface area (TPSA) is 61.4 Å². The fourth-order valence-corrected chi connectivity index (χ4v) is 4.23. The van der Waals surface area contributed by atoms with Gasteiger partial charge < -0.3 is 15.5 Å². The average Bonchev–Trinajstić information content (AvgIpc) is 3.17. The molecule has 29 heavy (non-hydrogen) atoms. The van der Waals surface area contributed by atoms with Crippen molar-refractivity contribution >= 4 is 41.7 Å². The van der Waals surface area contributed by atoms with E-state index in [2.05, 4.69) is 10.6 Å². The minimum absolute atomic E-state index is 0. The van der Waals surface area contributed by atoms with Crippen LogP contribution in [0.25, 0.3) is 0 Å². The monoisotopic (exact) mass is 433 g/mol. The summed E-state index contributed by atoms with van der Waals surface area (Å²) in [6.07, 6.45) is 1.03. The molecular weight excluding hydrogens is 406 g/mol. The molecule has 1 unspecified atom stereocenters. The Kier molecular flexibility index (Phi) is 9.01. The van der Waals surface area contributed by atoms with Crippen molar-refractivity contribution in [1.29, 1.82) is 0 Å². The first-order valence-electron chi connectivity index (χ1n) is 9.59. The van der Waals surface area contributed by atoms with Crippen LogP contribution in [0.4, 0.5) is 5.69 Å². The molecule has 2 aromatic rings. The Morgan fingerprint density at radius 1 is 1.14 bits per heavy atom. The maximum absolute atomic E-state index is 13.0. The van der Waals surface area contributed by atoms with Crippen LogP contribution >= 0.6 is 24.2 Å². The van der Waals surface area contributed by atoms with Crippen molar-refractivity contribution in [3.8, 4) is 0 Å². The van der Waals surface area contributed by atoms with Gasteiger partial charge >= 0.3 is 0 Å². The number of benzene rings is 2. The Hall–Kier alpha value is -2.02. The number of nitrogens with one attached hydrogen (secondary N) is 2. The molecule has 3 rings (SSSR count). The van der Waals surface area contributed by atoms with Crippen LogP contribution in [0.1, 0.15) is 22.3 Å². The number of anilines is 1. The molecule has 0 saturated carbocycles. The van der Waals surface area contributed by atoms with E-state index >= 15 is 0 Å². The number of aryl methyl sites for hydroxylation is 1. The number of hydrogen-bond donors (Lipinski definition) is 2. The number of likely N-dealkylation sites (tertiary alicyclic amines) is 1. The summed E-state index contributed by atoms with van der Waals surface area (Å²) in [5.41, 5.74) is 2.62. The highest BCUT2D eigenvalue weighted by atomic mass is 35.5. The van der Waals surface area contributed by atoms with Gasteiger partial charge in [-0.2, -0.15) is 0 Å². The van der Waals surface area contributed by atoms with Crippen molar-refractivity contribution in [3.05, 3.63) is 59.7 Å². The quantitative estimate of drug-likeness (QED) is 0.651. The second-order valence-electron chi connectivity index (χ2n) is 7.16. The highest BCUT2D eigenvalue weighted by Crippen LogP contribution is 2.26. The minimum atomic E-state index is -0.0774. The van der Waals surface area contributed by atoms with E-state index in [0.717, 1.165) is 42.2 Å². The van der Waals surface area contributed by atoms with E-state index in [4.69, 9.17) is 0 Å². The molecule has 0 bridgehead atoms. The van der Waals surface area contributed by atoms with E-state index in [-0.39, 0.29) is 30.0 Å². The molecule has 0 aliphatic carbocycles. The Morgan fingerprint density at radius 3 is 2.59 bits per heavy atom. The second-order valence-corrected chi connectivity index (χ2v) is 8.18. The van der Waals surface area contributed by atoms with Gasteiger partial charge in [0.05, 0.1) is 11.3 Å². The lowest BCUT2D eigenvalue weighted by molar-refractivity contribution is -0.113. The summed E-state index contributed by atoms with van der Waals surface area (Å²) >= 11 is 1.40. The maximum atomic E-state index is 13.0. The summed E-state index contributed by atoms with van der Waals surface area (Å²) in [6, 6.07) is 15.3. The van der Waals surface area contributed by atoms with E-state index in [9.17, 15) is 9.59 Å². The van der Waals surface area contributed by atoms with Crippen LogP contribution in [0.5, 0.6) is 0 Å². The van der Waals surface area contributed by atoms with Gasteiger partial charge in [0, 0.05) is 23.7 Å². The Balaban J connectivity index is 0.00000300. The van der Waals surface area contributed by atoms with Crippen LogP contribution in [-0.2, 0) is 4.79 Å². The van der Waals surface area contributed by atoms with E-state index < -0.39 is 0 Å². The van der Waals surface area contributed by atoms with Crippen LogP contribution in [0.2, 0.25) is 0 Å². The van der Waals surface area contributed by atoms with Crippen molar-refractivity contribution in [1.82, 2.24) is 10.2 Å². The van der Waals surface area contributed by atoms with Crippen LogP contribution in [0.15, 0.2) is 53.4 Å². The minimum Gasteiger partial charge on any atom is -0.338 e. The standard InChI is InChI=1S/C22H27N3O2S.ClH/c1-16-7-9-18(10-8-16)24-21(26)15-28-20-6-4-3-5-19(20)22(27)25-12-11-17(14-25)13-23-2;/h3-10,17,23H,11-15H2,1-2H3,(H,24,26);1H. The van der Waals surface area contributed by atoms with Gasteiger partial charge in [-0.1, -0.05) is 29.8 Å². The third kappa shape index (κ3) is 6.49. The Morgan fingerprint density at radius 2 is 1.86 bits per heavy atom. The molecular formula is C22H28ClN3O2S. The first-order valence-corrected chi connectivity index (χ1v) is 10.6. The molecule has 2 amide bonds. The number of nitrogens with zero attached hydrogens (tertiary/aromatic N) is 1. The average molecular weight is 434 g/mol. The fraction of sp³-hybridized carbons (Fsp3) is 0.364. The van der Waals surface area contributed by atoms with E-state index in [1.165, 1.54) is 11.8 Å². The van der Waals surface area contributed by atoms with Gasteiger partial charge in [0.15, 0.2) is 0 Å². The summed E-state index contributed by atoms with van der Waals surface area (Å²) in [6.45, 7) is 4.51. The third-order valence-corrected chi connectivity index (χ3v) is 5.95. The van der Waals surface area contributed by atoms with E-state index in [1.54, 1.807) is 0 Å². The Bertz CT molecular complexity index is 829. The van der Waals surface area contributed by atoms with Gasteiger partial charge in [-0.25, -0.2) is 0 Å². The van der Waals surface area contributed by atoms with Gasteiger partial charge in [-0.15, -0.1) is 24.2 Å². The van der Waals surface area contributed by atoms with Crippen molar-refractivity contribution in [2.24, 2.45) is 5.92 Å². The zero-order valence-electron chi connectivity index (χ0n) is 16.8. The fourth-order valence-electron chi connectivity index (χ4n) is 3.39. The summed E-state index contributed by atoms with van der Waals surface area (Å²) in [7, 11) is 1.94. The van der Waals surface area contributed by atoms with Crippen LogP contribution < -0.4 is 10.6 Å². The first kappa shape index (κ1) is 23.3. The molecule has 0 spiro atoms. The number of thioether (sulfide) groups is 1. The van der Waals surface area contributed by atoms with Gasteiger partial charge in [0.25, 0.3) is 5.91 Å². The highest BCUT2D eigenvalue weighted by Gasteiger charge is 2.27. The molecule has 7 heteroatoms. The van der Waals surface area contributed by atoms with Crippen molar-refractivity contribution < 1.29 is 9.59 Å². The third-order valence-electron chi connectivity index (χ3n) is 4.88. The van der Waals surface area contributed by atoms with Gasteiger partial charge in [0.1, 0.15) is 0 Å². The lowest BCUT2D eigenvalue weighted by atomic mass is 10.1. The summed E-state index contributed by atoms with van der Waals surface area (Å²) in [4.78, 5) is 28.0. The number of carbonyl (C=O) groups excluding carboxylic acids is 2. The molecule has 1 fully saturated rings. The van der Waals surface area contributed by atoms with Crippen LogP contribution in [-0.4, -0.2) is 49.1 Å². The smallest absolute Gasteiger partial charge is 0.254 e. The largest absolute Gasteiger partial charge is 0.338 e. The summed E-state index contributed by atoms with van der Waals surface area (Å²) in [5.74, 6) is 0.752. The summed E-state index contributed by atoms with van der Waals surface area (Å²) in [5, 5.41) is 6.09. The number of amides is 2. The number of rotatable bonds is 7. The number of hydrogen-bond acceptors (Lipinski definition) is 4. The molecule has 1 atom stereocenters. The molecule has 2 aromatic carbocycles. The van der Waals surface area contributed by atoms with Gasteiger partial charge in [-0.3, -0.25) is 9.59 Å². The molecule has 1 aliphatic heterocycles. The number of carbonyl (C=O) groups is 2. The van der Waals surface area contributed by atoms with Crippen LogP contribution in [0, 0.1) is 12.8 Å². The molecule has 156 valence electrons. The predicted molar refractivity (Wildman–Crippen MR) is 122 cm³/mol. The van der Waals surface area contributed by atoms with E-state index in [1.807, 2.05) is 67.4 Å². The second kappa shape index (κ2) is 11.2. The predicted octanol–water partition coefficient (Wildman–Crippen LogP) is 3.83. The maximum Gasteiger partial charge on any atom is 0.254 e. The van der Waals surface area contributed by atoms with Gasteiger partial charge in [0.2, 0.25) is 5.91 Å². The van der Waals surface area contributed by atoms with Crippen molar-refractivity contribution in [2.45, 2.75) is 18.2 Å². The highest BCUT2D eigenvalue weighted by molar-refractivity contribution is 8.00. The zero-order valence-corrected chi connectivity index (χ0v) is 18.4. The molecule has 0 radical (unpaired) electrons. The SMILES string of the molecule is CNCC1CCN(C(=O)c2ccccc2SCC(=O)Nc2ccc(C)cc2)C1.Cl. The van der Waals surface area contributed by atoms with E-state index in [0.29, 0.717) is 11.5 Å². The molecule has 1 heterocycles. The Labute approximate surface area is 183 Å². The van der Waals surface area contributed by atoms with Crippen LogP contribution in [0.3, 0.4) is 0 Å². The lowest BCUT2D eigenvalue weighted by Crippen LogP contribution is -2.30. The summed E-state index contributed by atoms with van der Waals surface area (Å²) < 4.78 is 0. The molecule has 1 aliphatic rings. The molecule has 5 nitrogen and oxygen atoms in total. The normalized spacial score (nSPS) is 15.7. The zero-order chi connectivity index (χ0) is 19.9.